The monoisotopic (exact) mass is 259 g/mol. The van der Waals surface area contributed by atoms with Crippen LogP contribution < -0.4 is 5.32 Å². The van der Waals surface area contributed by atoms with Crippen LogP contribution in [0.3, 0.4) is 0 Å². The van der Waals surface area contributed by atoms with E-state index in [0.717, 1.165) is 26.1 Å². The molecule has 3 rings (SSSR count). The first-order chi connectivity index (χ1) is 9.17. The quantitative estimate of drug-likeness (QED) is 0.895. The summed E-state index contributed by atoms with van der Waals surface area (Å²) < 4.78 is 4.15. The summed E-state index contributed by atoms with van der Waals surface area (Å²) in [5, 5.41) is 7.66. The van der Waals surface area contributed by atoms with Gasteiger partial charge in [0.15, 0.2) is 0 Å². The largest absolute Gasteiger partial charge is 0.334 e. The summed E-state index contributed by atoms with van der Waals surface area (Å²) in [4.78, 5) is 4.34. The number of hydrogen-bond donors (Lipinski definition) is 1. The fraction of sp³-hybridized carbons (Fsp3) is 0.571. The number of aryl methyl sites for hydroxylation is 3. The Hall–Kier alpha value is -1.62. The molecule has 3 heterocycles. The summed E-state index contributed by atoms with van der Waals surface area (Å²) in [7, 11) is 1.96. The molecule has 2 aromatic heterocycles. The number of rotatable bonds is 4. The maximum atomic E-state index is 4.34. The van der Waals surface area contributed by atoms with Gasteiger partial charge in [0, 0.05) is 43.6 Å². The van der Waals surface area contributed by atoms with Crippen molar-refractivity contribution in [1.82, 2.24) is 24.6 Å². The molecule has 1 aliphatic rings. The van der Waals surface area contributed by atoms with Gasteiger partial charge < -0.3 is 9.88 Å². The maximum absolute atomic E-state index is 4.34. The number of nitrogens with zero attached hydrogens (tertiary/aromatic N) is 4. The minimum absolute atomic E-state index is 0.228. The maximum Gasteiger partial charge on any atom is 0.0948 e. The Labute approximate surface area is 113 Å². The summed E-state index contributed by atoms with van der Waals surface area (Å²) in [6.45, 7) is 5.44. The lowest BCUT2D eigenvalue weighted by Crippen LogP contribution is -2.28. The van der Waals surface area contributed by atoms with Gasteiger partial charge in [-0.25, -0.2) is 4.98 Å². The molecule has 1 aliphatic heterocycles. The van der Waals surface area contributed by atoms with Crippen LogP contribution in [0.5, 0.6) is 0 Å². The molecular weight excluding hydrogens is 238 g/mol. The highest BCUT2D eigenvalue weighted by atomic mass is 15.2. The van der Waals surface area contributed by atoms with E-state index in [9.17, 15) is 0 Å². The molecule has 1 saturated heterocycles. The zero-order chi connectivity index (χ0) is 13.3. The molecule has 2 aromatic rings. The Morgan fingerprint density at radius 1 is 1.42 bits per heavy atom. The fourth-order valence-electron chi connectivity index (χ4n) is 2.89. The molecule has 1 atom stereocenters. The Bertz CT molecular complexity index is 548. The topological polar surface area (TPSA) is 47.7 Å². The van der Waals surface area contributed by atoms with Crippen LogP contribution in [-0.4, -0.2) is 32.4 Å². The van der Waals surface area contributed by atoms with Gasteiger partial charge in [-0.15, -0.1) is 0 Å². The van der Waals surface area contributed by atoms with E-state index in [1.807, 2.05) is 30.5 Å². The first-order valence-corrected chi connectivity index (χ1v) is 6.86. The van der Waals surface area contributed by atoms with Gasteiger partial charge in [0.1, 0.15) is 0 Å². The van der Waals surface area contributed by atoms with Gasteiger partial charge in [-0.3, -0.25) is 4.68 Å². The molecule has 0 bridgehead atoms. The lowest BCUT2D eigenvalue weighted by Gasteiger charge is -2.24. The Morgan fingerprint density at radius 3 is 3.00 bits per heavy atom. The van der Waals surface area contributed by atoms with Crippen LogP contribution in [0.2, 0.25) is 0 Å². The van der Waals surface area contributed by atoms with Gasteiger partial charge in [-0.1, -0.05) is 6.92 Å². The van der Waals surface area contributed by atoms with E-state index < -0.39 is 0 Å². The van der Waals surface area contributed by atoms with Gasteiger partial charge in [-0.2, -0.15) is 5.10 Å². The number of hydrogen-bond acceptors (Lipinski definition) is 3. The molecule has 1 fully saturated rings. The van der Waals surface area contributed by atoms with Gasteiger partial charge in [0.2, 0.25) is 0 Å². The third-order valence-corrected chi connectivity index (χ3v) is 4.10. The van der Waals surface area contributed by atoms with Crippen molar-refractivity contribution in [2.45, 2.75) is 31.7 Å². The Kier molecular flexibility index (Phi) is 3.14. The highest BCUT2D eigenvalue weighted by Gasteiger charge is 2.33. The normalized spacial score (nSPS) is 23.1. The predicted molar refractivity (Wildman–Crippen MR) is 74.0 cm³/mol. The third kappa shape index (κ3) is 2.42. The van der Waals surface area contributed by atoms with Crippen LogP contribution in [0.4, 0.5) is 0 Å². The van der Waals surface area contributed by atoms with Crippen LogP contribution in [0, 0.1) is 0 Å². The van der Waals surface area contributed by atoms with Crippen molar-refractivity contribution in [2.24, 2.45) is 7.05 Å². The zero-order valence-electron chi connectivity index (χ0n) is 11.6. The average molecular weight is 259 g/mol. The van der Waals surface area contributed by atoms with Gasteiger partial charge >= 0.3 is 0 Å². The van der Waals surface area contributed by atoms with Gasteiger partial charge in [-0.05, 0) is 24.9 Å². The smallest absolute Gasteiger partial charge is 0.0948 e. The summed E-state index contributed by atoms with van der Waals surface area (Å²) in [5.41, 5.74) is 2.85. The van der Waals surface area contributed by atoms with Crippen molar-refractivity contribution in [1.29, 1.82) is 0 Å². The Morgan fingerprint density at radius 2 is 2.32 bits per heavy atom. The molecule has 0 radical (unpaired) electrons. The highest BCUT2D eigenvalue weighted by Crippen LogP contribution is 2.29. The van der Waals surface area contributed by atoms with E-state index in [-0.39, 0.29) is 5.41 Å². The van der Waals surface area contributed by atoms with Crippen molar-refractivity contribution < 1.29 is 0 Å². The molecule has 0 aromatic carbocycles. The first kappa shape index (κ1) is 12.4. The van der Waals surface area contributed by atoms with Crippen LogP contribution in [0.1, 0.15) is 24.6 Å². The van der Waals surface area contributed by atoms with E-state index in [2.05, 4.69) is 33.1 Å². The summed E-state index contributed by atoms with van der Waals surface area (Å²) in [6, 6.07) is 0. The second-order valence-electron chi connectivity index (χ2n) is 5.73. The molecule has 19 heavy (non-hydrogen) atoms. The van der Waals surface area contributed by atoms with Crippen LogP contribution in [0.25, 0.3) is 0 Å². The second kappa shape index (κ2) is 4.81. The van der Waals surface area contributed by atoms with Gasteiger partial charge in [0.25, 0.3) is 0 Å². The molecule has 5 heteroatoms. The number of nitrogens with one attached hydrogen (secondary N) is 1. The molecule has 5 nitrogen and oxygen atoms in total. The summed E-state index contributed by atoms with van der Waals surface area (Å²) in [6.07, 6.45) is 10.2. The molecule has 0 amide bonds. The van der Waals surface area contributed by atoms with Crippen molar-refractivity contribution >= 4 is 0 Å². The van der Waals surface area contributed by atoms with E-state index in [1.54, 1.807) is 0 Å². The molecule has 102 valence electrons. The first-order valence-electron chi connectivity index (χ1n) is 6.86. The zero-order valence-corrected chi connectivity index (χ0v) is 11.6. The van der Waals surface area contributed by atoms with Crippen molar-refractivity contribution in [3.8, 4) is 0 Å². The standard InChI is InChI=1S/C14H21N5/c1-14(4-5-15-10-14)13-8-16-11-19(13)6-3-12-7-17-18(2)9-12/h7-9,11,15H,3-6,10H2,1-2H3. The number of imidazole rings is 1. The molecular formula is C14H21N5. The van der Waals surface area contributed by atoms with E-state index in [4.69, 9.17) is 0 Å². The van der Waals surface area contributed by atoms with Crippen molar-refractivity contribution in [3.05, 3.63) is 36.2 Å². The minimum Gasteiger partial charge on any atom is -0.334 e. The predicted octanol–water partition coefficient (Wildman–Crippen LogP) is 1.11. The molecule has 0 aliphatic carbocycles. The molecule has 0 spiro atoms. The van der Waals surface area contributed by atoms with E-state index >= 15 is 0 Å². The molecule has 0 saturated carbocycles. The lowest BCUT2D eigenvalue weighted by atomic mass is 9.86. The van der Waals surface area contributed by atoms with Gasteiger partial charge in [0.05, 0.1) is 12.5 Å². The van der Waals surface area contributed by atoms with E-state index in [0.29, 0.717) is 0 Å². The van der Waals surface area contributed by atoms with Crippen LogP contribution >= 0.6 is 0 Å². The van der Waals surface area contributed by atoms with Crippen molar-refractivity contribution in [3.63, 3.8) is 0 Å². The fourth-order valence-corrected chi connectivity index (χ4v) is 2.89. The summed E-state index contributed by atoms with van der Waals surface area (Å²) in [5.74, 6) is 0. The summed E-state index contributed by atoms with van der Waals surface area (Å²) >= 11 is 0. The molecule has 1 unspecified atom stereocenters. The SMILES string of the molecule is Cn1cc(CCn2cncc2C2(C)CCNC2)cn1. The van der Waals surface area contributed by atoms with Crippen LogP contribution in [-0.2, 0) is 25.4 Å². The van der Waals surface area contributed by atoms with Crippen molar-refractivity contribution in [2.75, 3.05) is 13.1 Å². The Balaban J connectivity index is 1.73. The average Bonchev–Trinajstić information content (AvgIpc) is 3.07. The minimum atomic E-state index is 0.228. The van der Waals surface area contributed by atoms with E-state index in [1.165, 1.54) is 17.7 Å². The number of aromatic nitrogens is 4. The highest BCUT2D eigenvalue weighted by molar-refractivity contribution is 5.17. The van der Waals surface area contributed by atoms with Crippen LogP contribution in [0.15, 0.2) is 24.9 Å². The third-order valence-electron chi connectivity index (χ3n) is 4.10. The lowest BCUT2D eigenvalue weighted by molar-refractivity contribution is 0.472. The second-order valence-corrected chi connectivity index (χ2v) is 5.73. The molecule has 1 N–H and O–H groups in total.